The monoisotopic (exact) mass is 265 g/mol. The van der Waals surface area contributed by atoms with Gasteiger partial charge in [0.2, 0.25) is 0 Å². The van der Waals surface area contributed by atoms with Crippen LogP contribution in [0.25, 0.3) is 0 Å². The lowest BCUT2D eigenvalue weighted by atomic mass is 10.0. The van der Waals surface area contributed by atoms with Gasteiger partial charge in [-0.25, -0.2) is 9.97 Å². The van der Waals surface area contributed by atoms with Crippen LogP contribution >= 0.6 is 11.8 Å². The molecule has 0 aliphatic heterocycles. The molecule has 3 nitrogen and oxygen atoms in total. The smallest absolute Gasteiger partial charge is 0.138 e. The molecule has 1 unspecified atom stereocenters. The van der Waals surface area contributed by atoms with E-state index in [0.29, 0.717) is 6.04 Å². The van der Waals surface area contributed by atoms with Gasteiger partial charge >= 0.3 is 0 Å². The number of aryl methyl sites for hydroxylation is 1. The van der Waals surface area contributed by atoms with Gasteiger partial charge in [0.05, 0.1) is 5.75 Å². The Hall–Kier alpha value is -0.610. The molecule has 0 fully saturated rings. The predicted octanol–water partition coefficient (Wildman–Crippen LogP) is 3.11. The number of nitrogens with one attached hydrogen (secondary N) is 1. The Bertz CT molecular complexity index is 381. The molecule has 1 aromatic rings. The number of hydrogen-bond acceptors (Lipinski definition) is 4. The molecule has 2 rings (SSSR count). The molecule has 0 radical (unpaired) electrons. The molecule has 0 saturated carbocycles. The molecule has 1 atom stereocenters. The van der Waals surface area contributed by atoms with Crippen molar-refractivity contribution in [2.24, 2.45) is 0 Å². The maximum Gasteiger partial charge on any atom is 0.138 e. The van der Waals surface area contributed by atoms with Crippen molar-refractivity contribution in [3.63, 3.8) is 0 Å². The summed E-state index contributed by atoms with van der Waals surface area (Å²) in [7, 11) is 0. The van der Waals surface area contributed by atoms with Crippen LogP contribution in [0.15, 0.2) is 6.20 Å². The number of fused-ring (bicyclic) bond motifs is 1. The minimum atomic E-state index is 0.464. The van der Waals surface area contributed by atoms with Crippen LogP contribution < -0.4 is 5.32 Å². The molecule has 0 aromatic carbocycles. The van der Waals surface area contributed by atoms with Gasteiger partial charge in [-0.05, 0) is 38.5 Å². The second-order valence-corrected chi connectivity index (χ2v) is 5.74. The first kappa shape index (κ1) is 13.8. The van der Waals surface area contributed by atoms with Crippen molar-refractivity contribution < 1.29 is 0 Å². The summed E-state index contributed by atoms with van der Waals surface area (Å²) in [6.45, 7) is 3.29. The highest BCUT2D eigenvalue weighted by atomic mass is 32.2. The molecule has 1 N–H and O–H groups in total. The van der Waals surface area contributed by atoms with Crippen molar-refractivity contribution in [1.82, 2.24) is 15.3 Å². The van der Waals surface area contributed by atoms with Crippen LogP contribution in [0.2, 0.25) is 0 Å². The SMILES string of the molecule is CCCNC1CCCCc2nc(CSC)ncc21. The third-order valence-corrected chi connectivity index (χ3v) is 3.94. The van der Waals surface area contributed by atoms with Crippen molar-refractivity contribution in [2.45, 2.75) is 50.8 Å². The number of hydrogen-bond donors (Lipinski definition) is 1. The van der Waals surface area contributed by atoms with E-state index >= 15 is 0 Å². The third kappa shape index (κ3) is 3.45. The number of aromatic nitrogens is 2. The van der Waals surface area contributed by atoms with Crippen LogP contribution in [-0.4, -0.2) is 22.8 Å². The zero-order valence-electron chi connectivity index (χ0n) is 11.4. The van der Waals surface area contributed by atoms with Crippen LogP contribution in [0.4, 0.5) is 0 Å². The summed E-state index contributed by atoms with van der Waals surface area (Å²) in [5.41, 5.74) is 2.62. The van der Waals surface area contributed by atoms with E-state index in [-0.39, 0.29) is 0 Å². The average molecular weight is 265 g/mol. The van der Waals surface area contributed by atoms with Crippen molar-refractivity contribution in [1.29, 1.82) is 0 Å². The van der Waals surface area contributed by atoms with Gasteiger partial charge in [0.15, 0.2) is 0 Å². The Balaban J connectivity index is 2.19. The Morgan fingerprint density at radius 2 is 2.33 bits per heavy atom. The highest BCUT2D eigenvalue weighted by Gasteiger charge is 2.19. The summed E-state index contributed by atoms with van der Waals surface area (Å²) in [6.07, 6.45) is 10.2. The molecule has 1 aromatic heterocycles. The maximum atomic E-state index is 4.75. The van der Waals surface area contributed by atoms with E-state index in [1.165, 1.54) is 36.9 Å². The third-order valence-electron chi connectivity index (χ3n) is 3.40. The van der Waals surface area contributed by atoms with Crippen LogP contribution in [-0.2, 0) is 12.2 Å². The van der Waals surface area contributed by atoms with Gasteiger partial charge in [0.25, 0.3) is 0 Å². The van der Waals surface area contributed by atoms with Crippen molar-refractivity contribution in [3.8, 4) is 0 Å². The molecular weight excluding hydrogens is 242 g/mol. The standard InChI is InChI=1S/C14H23N3S/c1-3-8-15-12-6-4-5-7-13-11(12)9-16-14(17-13)10-18-2/h9,12,15H,3-8,10H2,1-2H3. The van der Waals surface area contributed by atoms with Gasteiger partial charge < -0.3 is 5.32 Å². The molecule has 100 valence electrons. The molecule has 1 heterocycles. The lowest BCUT2D eigenvalue weighted by Crippen LogP contribution is -2.23. The number of rotatable bonds is 5. The number of thioether (sulfide) groups is 1. The second kappa shape index (κ2) is 7.10. The van der Waals surface area contributed by atoms with Gasteiger partial charge in [0.1, 0.15) is 5.82 Å². The minimum Gasteiger partial charge on any atom is -0.310 e. The van der Waals surface area contributed by atoms with Gasteiger partial charge in [-0.2, -0.15) is 11.8 Å². The van der Waals surface area contributed by atoms with E-state index in [1.54, 1.807) is 11.8 Å². The lowest BCUT2D eigenvalue weighted by Gasteiger charge is -2.18. The van der Waals surface area contributed by atoms with Gasteiger partial charge in [-0.15, -0.1) is 0 Å². The normalized spacial score (nSPS) is 19.3. The van der Waals surface area contributed by atoms with E-state index in [4.69, 9.17) is 4.98 Å². The Morgan fingerprint density at radius 3 is 3.11 bits per heavy atom. The highest BCUT2D eigenvalue weighted by molar-refractivity contribution is 7.97. The fourth-order valence-corrected chi connectivity index (χ4v) is 2.88. The van der Waals surface area contributed by atoms with Crippen molar-refractivity contribution in [3.05, 3.63) is 23.3 Å². The fourth-order valence-electron chi connectivity index (χ4n) is 2.48. The first-order valence-corrected chi connectivity index (χ1v) is 8.31. The molecule has 4 heteroatoms. The van der Waals surface area contributed by atoms with Gasteiger partial charge in [0, 0.05) is 23.5 Å². The van der Waals surface area contributed by atoms with E-state index < -0.39 is 0 Å². The van der Waals surface area contributed by atoms with E-state index in [2.05, 4.69) is 29.7 Å². The largest absolute Gasteiger partial charge is 0.310 e. The molecule has 18 heavy (non-hydrogen) atoms. The first-order chi connectivity index (χ1) is 8.85. The molecular formula is C14H23N3S. The molecule has 1 aliphatic rings. The van der Waals surface area contributed by atoms with E-state index in [1.807, 2.05) is 0 Å². The Kier molecular flexibility index (Phi) is 5.45. The summed E-state index contributed by atoms with van der Waals surface area (Å²) in [4.78, 5) is 9.26. The summed E-state index contributed by atoms with van der Waals surface area (Å²) in [6, 6.07) is 0.464. The Labute approximate surface area is 114 Å². The topological polar surface area (TPSA) is 37.8 Å². The molecule has 0 saturated heterocycles. The molecule has 0 spiro atoms. The molecule has 0 amide bonds. The van der Waals surface area contributed by atoms with E-state index in [9.17, 15) is 0 Å². The Morgan fingerprint density at radius 1 is 1.44 bits per heavy atom. The number of nitrogens with zero attached hydrogens (tertiary/aromatic N) is 2. The molecule has 1 aliphatic carbocycles. The van der Waals surface area contributed by atoms with Crippen LogP contribution in [0.3, 0.4) is 0 Å². The first-order valence-electron chi connectivity index (χ1n) is 6.92. The summed E-state index contributed by atoms with van der Waals surface area (Å²) < 4.78 is 0. The molecule has 0 bridgehead atoms. The summed E-state index contributed by atoms with van der Waals surface area (Å²) in [5, 5.41) is 3.63. The van der Waals surface area contributed by atoms with Crippen LogP contribution in [0.5, 0.6) is 0 Å². The zero-order chi connectivity index (χ0) is 12.8. The van der Waals surface area contributed by atoms with Crippen LogP contribution in [0.1, 0.15) is 55.7 Å². The quantitative estimate of drug-likeness (QED) is 0.830. The fraction of sp³-hybridized carbons (Fsp3) is 0.714. The van der Waals surface area contributed by atoms with Gasteiger partial charge in [-0.1, -0.05) is 13.3 Å². The van der Waals surface area contributed by atoms with Crippen molar-refractivity contribution in [2.75, 3.05) is 12.8 Å². The second-order valence-electron chi connectivity index (χ2n) is 4.87. The summed E-state index contributed by atoms with van der Waals surface area (Å²) in [5.74, 6) is 1.90. The average Bonchev–Trinajstić information content (AvgIpc) is 2.58. The predicted molar refractivity (Wildman–Crippen MR) is 77.8 cm³/mol. The highest BCUT2D eigenvalue weighted by Crippen LogP contribution is 2.27. The minimum absolute atomic E-state index is 0.464. The maximum absolute atomic E-state index is 4.75. The summed E-state index contributed by atoms with van der Waals surface area (Å²) >= 11 is 1.78. The lowest BCUT2D eigenvalue weighted by molar-refractivity contribution is 0.488. The van der Waals surface area contributed by atoms with E-state index in [0.717, 1.165) is 24.5 Å². The van der Waals surface area contributed by atoms with Crippen molar-refractivity contribution >= 4 is 11.8 Å². The van der Waals surface area contributed by atoms with Gasteiger partial charge in [-0.3, -0.25) is 0 Å². The zero-order valence-corrected chi connectivity index (χ0v) is 12.2. The van der Waals surface area contributed by atoms with Crippen LogP contribution in [0, 0.1) is 0 Å².